The van der Waals surface area contributed by atoms with Crippen molar-refractivity contribution in [2.75, 3.05) is 31.1 Å². The monoisotopic (exact) mass is 358 g/mol. The van der Waals surface area contributed by atoms with Gasteiger partial charge < -0.3 is 15.1 Å². The smallest absolute Gasteiger partial charge is 0.225 e. The van der Waals surface area contributed by atoms with E-state index in [9.17, 15) is 10.2 Å². The molecule has 1 saturated heterocycles. The van der Waals surface area contributed by atoms with Gasteiger partial charge in [0.05, 0.1) is 0 Å². The number of anilines is 1. The van der Waals surface area contributed by atoms with Gasteiger partial charge in [0.15, 0.2) is 11.5 Å². The fraction of sp³-hybridized carbons (Fsp3) is 0.333. The van der Waals surface area contributed by atoms with Crippen LogP contribution in [0.3, 0.4) is 0 Å². The van der Waals surface area contributed by atoms with E-state index in [1.54, 1.807) is 18.5 Å². The molecule has 2 N–H and O–H groups in total. The minimum atomic E-state index is -0.0789. The van der Waals surface area contributed by atoms with Crippen LogP contribution in [0.2, 0.25) is 0 Å². The summed E-state index contributed by atoms with van der Waals surface area (Å²) in [6.07, 6.45) is 3.52. The lowest BCUT2D eigenvalue weighted by molar-refractivity contribution is 0.248. The lowest BCUT2D eigenvalue weighted by Crippen LogP contribution is -2.46. The Balaban J connectivity index is 0.00000132. The van der Waals surface area contributed by atoms with Crippen molar-refractivity contribution in [2.24, 2.45) is 0 Å². The van der Waals surface area contributed by atoms with Gasteiger partial charge in [0.1, 0.15) is 0 Å². The Labute approximate surface area is 147 Å². The van der Waals surface area contributed by atoms with Crippen molar-refractivity contribution in [3.8, 4) is 11.5 Å². The molecule has 0 atom stereocenters. The number of hydrogen-bond acceptors (Lipinski definition) is 6. The van der Waals surface area contributed by atoms with Gasteiger partial charge >= 0.3 is 0 Å². The lowest BCUT2D eigenvalue weighted by atomic mass is 10.1. The standard InChI is InChI=1S/C15H18N4O2.2ClH/c20-13-3-2-12(10-14(13)21)11-18-6-8-19(9-7-18)15-16-4-1-5-17-15;;/h1-5,10,20-21H,6-9,11H2;2*1H. The third kappa shape index (κ3) is 4.86. The van der Waals surface area contributed by atoms with Gasteiger partial charge in [-0.3, -0.25) is 4.90 Å². The van der Waals surface area contributed by atoms with Crippen LogP contribution >= 0.6 is 24.8 Å². The fourth-order valence-electron chi connectivity index (χ4n) is 2.49. The van der Waals surface area contributed by atoms with E-state index in [4.69, 9.17) is 0 Å². The average Bonchev–Trinajstić information content (AvgIpc) is 2.53. The van der Waals surface area contributed by atoms with E-state index in [0.717, 1.165) is 44.2 Å². The molecule has 3 rings (SSSR count). The van der Waals surface area contributed by atoms with Gasteiger partial charge in [0, 0.05) is 45.1 Å². The van der Waals surface area contributed by atoms with Crippen molar-refractivity contribution >= 4 is 30.8 Å². The molecule has 0 saturated carbocycles. The molecule has 0 radical (unpaired) electrons. The van der Waals surface area contributed by atoms with Crippen LogP contribution in [-0.2, 0) is 6.54 Å². The number of phenolic OH excluding ortho intramolecular Hbond substituents is 2. The van der Waals surface area contributed by atoms with Gasteiger partial charge in [-0.1, -0.05) is 6.07 Å². The van der Waals surface area contributed by atoms with Crippen LogP contribution in [0.5, 0.6) is 11.5 Å². The molecule has 2 heterocycles. The Bertz CT molecular complexity index is 608. The molecule has 0 spiro atoms. The van der Waals surface area contributed by atoms with E-state index >= 15 is 0 Å². The first kappa shape index (κ1) is 19.3. The van der Waals surface area contributed by atoms with Crippen LogP contribution in [0.15, 0.2) is 36.7 Å². The van der Waals surface area contributed by atoms with Crippen LogP contribution in [0, 0.1) is 0 Å². The second-order valence-corrected chi connectivity index (χ2v) is 5.14. The van der Waals surface area contributed by atoms with Crippen LogP contribution in [-0.4, -0.2) is 51.3 Å². The third-order valence-electron chi connectivity index (χ3n) is 3.65. The highest BCUT2D eigenvalue weighted by Crippen LogP contribution is 2.25. The topological polar surface area (TPSA) is 72.7 Å². The second-order valence-electron chi connectivity index (χ2n) is 5.14. The summed E-state index contributed by atoms with van der Waals surface area (Å²) in [6, 6.07) is 6.79. The molecule has 23 heavy (non-hydrogen) atoms. The molecule has 1 aliphatic heterocycles. The third-order valence-corrected chi connectivity index (χ3v) is 3.65. The summed E-state index contributed by atoms with van der Waals surface area (Å²) in [5, 5.41) is 18.9. The van der Waals surface area contributed by atoms with Gasteiger partial charge in [-0.15, -0.1) is 24.8 Å². The first-order valence-electron chi connectivity index (χ1n) is 6.97. The van der Waals surface area contributed by atoms with Gasteiger partial charge in [0.25, 0.3) is 0 Å². The zero-order valence-electron chi connectivity index (χ0n) is 12.5. The minimum Gasteiger partial charge on any atom is -0.504 e. The molecule has 2 aromatic rings. The molecule has 0 unspecified atom stereocenters. The number of phenols is 2. The summed E-state index contributed by atoms with van der Waals surface area (Å²) < 4.78 is 0. The van der Waals surface area contributed by atoms with Crippen molar-refractivity contribution in [3.63, 3.8) is 0 Å². The van der Waals surface area contributed by atoms with E-state index in [1.165, 1.54) is 6.07 Å². The summed E-state index contributed by atoms with van der Waals surface area (Å²) in [4.78, 5) is 13.0. The van der Waals surface area contributed by atoms with Gasteiger partial charge in [-0.05, 0) is 23.8 Å². The van der Waals surface area contributed by atoms with Crippen LogP contribution in [0.1, 0.15) is 5.56 Å². The van der Waals surface area contributed by atoms with Crippen LogP contribution in [0.4, 0.5) is 5.95 Å². The number of rotatable bonds is 3. The Morgan fingerprint density at radius 3 is 2.17 bits per heavy atom. The second kappa shape index (κ2) is 8.76. The molecule has 1 fully saturated rings. The van der Waals surface area contributed by atoms with Gasteiger partial charge in [-0.25, -0.2) is 9.97 Å². The number of benzene rings is 1. The number of halogens is 2. The maximum atomic E-state index is 9.53. The Hall–Kier alpha value is -1.76. The van der Waals surface area contributed by atoms with E-state index in [0.29, 0.717) is 0 Å². The molecule has 1 aliphatic rings. The number of aromatic nitrogens is 2. The summed E-state index contributed by atoms with van der Waals surface area (Å²) in [5.41, 5.74) is 0.995. The summed E-state index contributed by atoms with van der Waals surface area (Å²) in [5.74, 6) is 0.632. The number of aromatic hydroxyl groups is 2. The number of hydrogen-bond donors (Lipinski definition) is 2. The average molecular weight is 359 g/mol. The summed E-state index contributed by atoms with van der Waals surface area (Å²) in [7, 11) is 0. The predicted octanol–water partition coefficient (Wildman–Crippen LogP) is 2.05. The first-order valence-corrected chi connectivity index (χ1v) is 6.97. The largest absolute Gasteiger partial charge is 0.504 e. The molecule has 0 bridgehead atoms. The van der Waals surface area contributed by atoms with Crippen molar-refractivity contribution in [1.82, 2.24) is 14.9 Å². The van der Waals surface area contributed by atoms with Crippen molar-refractivity contribution in [2.45, 2.75) is 6.54 Å². The zero-order chi connectivity index (χ0) is 14.7. The van der Waals surface area contributed by atoms with E-state index in [-0.39, 0.29) is 36.3 Å². The normalized spacial score (nSPS) is 14.7. The van der Waals surface area contributed by atoms with E-state index < -0.39 is 0 Å². The minimum absolute atomic E-state index is 0. The van der Waals surface area contributed by atoms with Crippen LogP contribution in [0.25, 0.3) is 0 Å². The van der Waals surface area contributed by atoms with E-state index in [2.05, 4.69) is 19.8 Å². The Morgan fingerprint density at radius 2 is 1.57 bits per heavy atom. The number of piperazine rings is 1. The first-order chi connectivity index (χ1) is 10.2. The molecule has 6 nitrogen and oxygen atoms in total. The summed E-state index contributed by atoms with van der Waals surface area (Å²) in [6.45, 7) is 4.36. The molecular formula is C15H20Cl2N4O2. The molecule has 126 valence electrons. The lowest BCUT2D eigenvalue weighted by Gasteiger charge is -2.34. The highest BCUT2D eigenvalue weighted by atomic mass is 35.5. The Morgan fingerprint density at radius 1 is 0.913 bits per heavy atom. The van der Waals surface area contributed by atoms with Crippen LogP contribution < -0.4 is 4.90 Å². The maximum absolute atomic E-state index is 9.53. The Kier molecular flexibility index (Phi) is 7.35. The molecular weight excluding hydrogens is 339 g/mol. The van der Waals surface area contributed by atoms with Gasteiger partial charge in [0.2, 0.25) is 5.95 Å². The molecule has 1 aromatic carbocycles. The highest BCUT2D eigenvalue weighted by Gasteiger charge is 2.18. The van der Waals surface area contributed by atoms with Gasteiger partial charge in [-0.2, -0.15) is 0 Å². The zero-order valence-corrected chi connectivity index (χ0v) is 14.1. The molecule has 8 heteroatoms. The van der Waals surface area contributed by atoms with E-state index in [1.807, 2.05) is 12.1 Å². The fourth-order valence-corrected chi connectivity index (χ4v) is 2.49. The molecule has 0 aliphatic carbocycles. The highest BCUT2D eigenvalue weighted by molar-refractivity contribution is 5.85. The predicted molar refractivity (Wildman–Crippen MR) is 93.8 cm³/mol. The van der Waals surface area contributed by atoms with Crippen molar-refractivity contribution in [1.29, 1.82) is 0 Å². The SMILES string of the molecule is Cl.Cl.Oc1ccc(CN2CCN(c3ncccn3)CC2)cc1O. The number of nitrogens with zero attached hydrogens (tertiary/aromatic N) is 4. The summed E-state index contributed by atoms with van der Waals surface area (Å²) >= 11 is 0. The molecule has 1 aromatic heterocycles. The maximum Gasteiger partial charge on any atom is 0.225 e. The van der Waals surface area contributed by atoms with Crippen molar-refractivity contribution < 1.29 is 10.2 Å². The quantitative estimate of drug-likeness (QED) is 0.818. The van der Waals surface area contributed by atoms with Crippen molar-refractivity contribution in [3.05, 3.63) is 42.2 Å². The molecule has 0 amide bonds.